The molecule has 2 heterocycles. The number of carboxylic acids is 1. The number of aromatic carboxylic acids is 1. The molecule has 0 saturated heterocycles. The van der Waals surface area contributed by atoms with E-state index in [1.54, 1.807) is 49.4 Å². The van der Waals surface area contributed by atoms with Crippen LogP contribution in [0.1, 0.15) is 21.6 Å². The molecule has 31 heavy (non-hydrogen) atoms. The van der Waals surface area contributed by atoms with Gasteiger partial charge in [0.15, 0.2) is 11.6 Å². The van der Waals surface area contributed by atoms with Gasteiger partial charge in [0.05, 0.1) is 11.8 Å². The van der Waals surface area contributed by atoms with E-state index in [-0.39, 0.29) is 22.8 Å². The average Bonchev–Trinajstić information content (AvgIpc) is 3.27. The molecule has 8 heteroatoms. The highest BCUT2D eigenvalue weighted by Crippen LogP contribution is 2.33. The summed E-state index contributed by atoms with van der Waals surface area (Å²) in [6.07, 6.45) is -3.31. The van der Waals surface area contributed by atoms with E-state index in [1.165, 1.54) is 18.4 Å². The molecule has 2 aromatic carbocycles. The zero-order chi connectivity index (χ0) is 22.2. The molecule has 4 rings (SSSR count). The molecule has 0 atom stereocenters. The molecule has 0 aliphatic heterocycles. The number of hydrogen-bond donors (Lipinski definition) is 1. The van der Waals surface area contributed by atoms with E-state index in [0.717, 1.165) is 11.6 Å². The second-order valence-electron chi connectivity index (χ2n) is 6.91. The Kier molecular flexibility index (Phi) is 5.06. The van der Waals surface area contributed by atoms with E-state index >= 15 is 0 Å². The lowest BCUT2D eigenvalue weighted by atomic mass is 9.98. The molecule has 0 amide bonds. The number of benzene rings is 2. The van der Waals surface area contributed by atoms with Crippen molar-refractivity contribution < 1.29 is 27.5 Å². The van der Waals surface area contributed by atoms with Crippen molar-refractivity contribution in [1.82, 2.24) is 9.97 Å². The number of aryl methyl sites for hydroxylation is 1. The molecule has 0 unspecified atom stereocenters. The molecule has 156 valence electrons. The van der Waals surface area contributed by atoms with Crippen LogP contribution in [0.3, 0.4) is 0 Å². The minimum absolute atomic E-state index is 0.0106. The van der Waals surface area contributed by atoms with E-state index in [1.807, 2.05) is 0 Å². The highest BCUT2D eigenvalue weighted by Gasteiger charge is 2.34. The van der Waals surface area contributed by atoms with Crippen LogP contribution in [-0.4, -0.2) is 21.0 Å². The Morgan fingerprint density at radius 2 is 1.71 bits per heavy atom. The quantitative estimate of drug-likeness (QED) is 0.429. The minimum Gasteiger partial charge on any atom is -0.478 e. The molecular weight excluding hydrogens is 409 g/mol. The first kappa shape index (κ1) is 20.3. The number of furan rings is 1. The number of halogens is 3. The fourth-order valence-corrected chi connectivity index (χ4v) is 3.18. The van der Waals surface area contributed by atoms with Crippen molar-refractivity contribution in [2.24, 2.45) is 0 Å². The van der Waals surface area contributed by atoms with Crippen LogP contribution in [0.4, 0.5) is 13.2 Å². The highest BCUT2D eigenvalue weighted by molar-refractivity contribution is 5.90. The van der Waals surface area contributed by atoms with Gasteiger partial charge in [0.2, 0.25) is 0 Å². The van der Waals surface area contributed by atoms with Crippen LogP contribution < -0.4 is 0 Å². The largest absolute Gasteiger partial charge is 0.478 e. The Morgan fingerprint density at radius 1 is 0.935 bits per heavy atom. The van der Waals surface area contributed by atoms with Crippen molar-refractivity contribution in [2.75, 3.05) is 0 Å². The maximum atomic E-state index is 13.4. The molecule has 0 aliphatic rings. The first-order chi connectivity index (χ1) is 14.7. The third-order valence-electron chi connectivity index (χ3n) is 4.57. The third-order valence-corrected chi connectivity index (χ3v) is 4.57. The number of nitrogens with zero attached hydrogens (tertiary/aromatic N) is 2. The second-order valence-corrected chi connectivity index (χ2v) is 6.91. The van der Waals surface area contributed by atoms with Gasteiger partial charge >= 0.3 is 12.1 Å². The van der Waals surface area contributed by atoms with Gasteiger partial charge in [-0.1, -0.05) is 24.3 Å². The molecule has 0 aliphatic carbocycles. The normalized spacial score (nSPS) is 11.5. The summed E-state index contributed by atoms with van der Waals surface area (Å²) in [7, 11) is 0. The first-order valence-corrected chi connectivity index (χ1v) is 9.17. The summed E-state index contributed by atoms with van der Waals surface area (Å²) in [6, 6.07) is 15.4. The van der Waals surface area contributed by atoms with Gasteiger partial charge in [-0.2, -0.15) is 13.2 Å². The SMILES string of the molecule is Cc1cc(C(=O)O)cc(-c2cccc(-c3nc(-c4ccco4)cc(C(F)(F)F)n3)c2)c1. The van der Waals surface area contributed by atoms with Crippen molar-refractivity contribution in [3.63, 3.8) is 0 Å². The summed E-state index contributed by atoms with van der Waals surface area (Å²) in [5.41, 5.74) is 1.40. The molecular formula is C23H15F3N2O3. The monoisotopic (exact) mass is 424 g/mol. The van der Waals surface area contributed by atoms with Gasteiger partial charge in [-0.3, -0.25) is 0 Å². The van der Waals surface area contributed by atoms with Crippen molar-refractivity contribution in [1.29, 1.82) is 0 Å². The highest BCUT2D eigenvalue weighted by atomic mass is 19.4. The van der Waals surface area contributed by atoms with Crippen LogP contribution in [0.15, 0.2) is 71.3 Å². The van der Waals surface area contributed by atoms with Gasteiger partial charge in [0.1, 0.15) is 11.4 Å². The summed E-state index contributed by atoms with van der Waals surface area (Å²) in [6.45, 7) is 1.77. The fourth-order valence-electron chi connectivity index (χ4n) is 3.18. The first-order valence-electron chi connectivity index (χ1n) is 9.17. The van der Waals surface area contributed by atoms with Gasteiger partial charge in [-0.05, 0) is 60.0 Å². The van der Waals surface area contributed by atoms with Gasteiger partial charge in [-0.25, -0.2) is 14.8 Å². The lowest BCUT2D eigenvalue weighted by Gasteiger charge is -2.11. The molecule has 1 N–H and O–H groups in total. The summed E-state index contributed by atoms with van der Waals surface area (Å²) in [4.78, 5) is 19.3. The predicted molar refractivity (Wildman–Crippen MR) is 107 cm³/mol. The number of carbonyl (C=O) groups is 1. The van der Waals surface area contributed by atoms with Gasteiger partial charge in [-0.15, -0.1) is 0 Å². The Labute approximate surface area is 174 Å². The average molecular weight is 424 g/mol. The summed E-state index contributed by atoms with van der Waals surface area (Å²) >= 11 is 0. The van der Waals surface area contributed by atoms with E-state index in [4.69, 9.17) is 4.42 Å². The van der Waals surface area contributed by atoms with Crippen LogP contribution >= 0.6 is 0 Å². The molecule has 5 nitrogen and oxygen atoms in total. The zero-order valence-corrected chi connectivity index (χ0v) is 16.1. The van der Waals surface area contributed by atoms with Crippen molar-refractivity contribution >= 4 is 5.97 Å². The van der Waals surface area contributed by atoms with Crippen molar-refractivity contribution in [3.05, 3.63) is 83.7 Å². The van der Waals surface area contributed by atoms with E-state index in [0.29, 0.717) is 16.7 Å². The Morgan fingerprint density at radius 3 is 2.39 bits per heavy atom. The number of hydrogen-bond acceptors (Lipinski definition) is 4. The second kappa shape index (κ2) is 7.71. The number of aromatic nitrogens is 2. The van der Waals surface area contributed by atoms with Crippen LogP contribution in [0.25, 0.3) is 34.0 Å². The van der Waals surface area contributed by atoms with Crippen molar-refractivity contribution in [3.8, 4) is 34.0 Å². The number of rotatable bonds is 4. The number of alkyl halides is 3. The molecule has 0 radical (unpaired) electrons. The topological polar surface area (TPSA) is 76.2 Å². The Balaban J connectivity index is 1.85. The lowest BCUT2D eigenvalue weighted by molar-refractivity contribution is -0.141. The molecule has 0 spiro atoms. The fraction of sp³-hybridized carbons (Fsp3) is 0.0870. The van der Waals surface area contributed by atoms with Crippen LogP contribution in [0.2, 0.25) is 0 Å². The molecule has 4 aromatic rings. The van der Waals surface area contributed by atoms with Gasteiger partial charge < -0.3 is 9.52 Å². The standard InChI is InChI=1S/C23H15F3N2O3/c1-13-8-16(11-17(9-13)22(29)30)14-4-2-5-15(10-14)21-27-18(19-6-3-7-31-19)12-20(28-21)23(24,25)26/h2-12H,1H3,(H,29,30). The van der Waals surface area contributed by atoms with Crippen LogP contribution in [0.5, 0.6) is 0 Å². The zero-order valence-electron chi connectivity index (χ0n) is 16.1. The smallest absolute Gasteiger partial charge is 0.433 e. The van der Waals surface area contributed by atoms with Crippen LogP contribution in [-0.2, 0) is 6.18 Å². The molecule has 2 aromatic heterocycles. The van der Waals surface area contributed by atoms with Crippen molar-refractivity contribution in [2.45, 2.75) is 13.1 Å². The van der Waals surface area contributed by atoms with Gasteiger partial charge in [0.25, 0.3) is 0 Å². The molecule has 0 saturated carbocycles. The Hall–Kier alpha value is -3.94. The van der Waals surface area contributed by atoms with E-state index in [2.05, 4.69) is 9.97 Å². The van der Waals surface area contributed by atoms with Crippen LogP contribution in [0, 0.1) is 6.92 Å². The number of carboxylic acid groups (broad SMARTS) is 1. The maximum Gasteiger partial charge on any atom is 0.433 e. The predicted octanol–water partition coefficient (Wildman–Crippen LogP) is 6.10. The maximum absolute atomic E-state index is 13.4. The summed E-state index contributed by atoms with van der Waals surface area (Å²) in [5.74, 6) is -0.991. The third kappa shape index (κ3) is 4.32. The molecule has 0 bridgehead atoms. The van der Waals surface area contributed by atoms with E-state index < -0.39 is 17.8 Å². The summed E-state index contributed by atoms with van der Waals surface area (Å²) in [5, 5.41) is 9.31. The minimum atomic E-state index is -4.66. The molecule has 0 fully saturated rings. The Bertz CT molecular complexity index is 1270. The van der Waals surface area contributed by atoms with Gasteiger partial charge in [0, 0.05) is 5.56 Å². The van der Waals surface area contributed by atoms with E-state index in [9.17, 15) is 23.1 Å². The summed E-state index contributed by atoms with van der Waals surface area (Å²) < 4.78 is 45.5. The lowest BCUT2D eigenvalue weighted by Crippen LogP contribution is -2.10.